The van der Waals surface area contributed by atoms with Gasteiger partial charge < -0.3 is 4.55 Å². The molecule has 23 heavy (non-hydrogen) atoms. The molecule has 1 aromatic carbocycles. The van der Waals surface area contributed by atoms with E-state index in [1.165, 1.54) is 57.4 Å². The molecule has 0 saturated heterocycles. The van der Waals surface area contributed by atoms with Gasteiger partial charge >= 0.3 is 0 Å². The summed E-state index contributed by atoms with van der Waals surface area (Å²) in [6.07, 6.45) is 13.1. The lowest BCUT2D eigenvalue weighted by Crippen LogP contribution is -2.04. The van der Waals surface area contributed by atoms with E-state index >= 15 is 0 Å². The van der Waals surface area contributed by atoms with Crippen molar-refractivity contribution in [1.29, 1.82) is 0 Å². The van der Waals surface area contributed by atoms with Gasteiger partial charge in [-0.25, -0.2) is 8.42 Å². The Morgan fingerprint density at radius 3 is 1.91 bits per heavy atom. The molecule has 0 aromatic heterocycles. The average molecular weight is 340 g/mol. The van der Waals surface area contributed by atoms with E-state index in [0.29, 0.717) is 12.0 Å². The molecule has 0 radical (unpaired) electrons. The number of hydrogen-bond acceptors (Lipinski definition) is 3. The maximum absolute atomic E-state index is 11.3. The average Bonchev–Trinajstić information content (AvgIpc) is 2.48. The second-order valence-electron chi connectivity index (χ2n) is 6.50. The zero-order valence-corrected chi connectivity index (χ0v) is 15.5. The number of aryl methyl sites for hydroxylation is 2. The summed E-state index contributed by atoms with van der Waals surface area (Å²) in [6.45, 7) is 4.15. The fraction of sp³-hybridized carbons (Fsp3) is 0.684. The molecule has 0 aliphatic carbocycles. The van der Waals surface area contributed by atoms with E-state index in [4.69, 9.17) is 0 Å². The molecule has 132 valence electrons. The van der Waals surface area contributed by atoms with E-state index in [1.807, 2.05) is 13.0 Å². The van der Waals surface area contributed by atoms with Gasteiger partial charge in [0.25, 0.3) is 0 Å². The molecule has 0 saturated carbocycles. The Bertz CT molecular complexity index is 550. The lowest BCUT2D eigenvalue weighted by Gasteiger charge is -2.13. The first-order chi connectivity index (χ1) is 10.9. The van der Waals surface area contributed by atoms with Gasteiger partial charge in [0.1, 0.15) is 10.1 Å². The van der Waals surface area contributed by atoms with Crippen LogP contribution in [0.2, 0.25) is 0 Å². The van der Waals surface area contributed by atoms with Crippen LogP contribution in [0.1, 0.15) is 82.3 Å². The minimum Gasteiger partial charge on any atom is -0.744 e. The minimum atomic E-state index is -4.36. The first kappa shape index (κ1) is 20.2. The molecule has 0 spiro atoms. The Labute approximate surface area is 142 Å². The zero-order chi connectivity index (χ0) is 17.1. The number of hydrogen-bond donors (Lipinski definition) is 0. The third-order valence-electron chi connectivity index (χ3n) is 4.28. The van der Waals surface area contributed by atoms with Crippen molar-refractivity contribution in [3.05, 3.63) is 29.3 Å². The highest BCUT2D eigenvalue weighted by Gasteiger charge is 2.08. The highest BCUT2D eigenvalue weighted by atomic mass is 32.2. The lowest BCUT2D eigenvalue weighted by molar-refractivity contribution is 0.461. The monoisotopic (exact) mass is 339 g/mol. The second kappa shape index (κ2) is 10.8. The van der Waals surface area contributed by atoms with Gasteiger partial charge in [-0.05, 0) is 31.4 Å². The zero-order valence-electron chi connectivity index (χ0n) is 14.6. The number of rotatable bonds is 12. The predicted octanol–water partition coefficient (Wildman–Crippen LogP) is 5.36. The summed E-state index contributed by atoms with van der Waals surface area (Å²) in [7, 11) is -4.36. The highest BCUT2D eigenvalue weighted by Crippen LogP contribution is 2.20. The van der Waals surface area contributed by atoms with Gasteiger partial charge in [0, 0.05) is 0 Å². The van der Waals surface area contributed by atoms with E-state index in [-0.39, 0.29) is 4.90 Å². The first-order valence-corrected chi connectivity index (χ1v) is 10.4. The maximum Gasteiger partial charge on any atom is 0.124 e. The van der Waals surface area contributed by atoms with Crippen molar-refractivity contribution < 1.29 is 13.0 Å². The summed E-state index contributed by atoms with van der Waals surface area (Å²) in [4.78, 5) is -0.0426. The highest BCUT2D eigenvalue weighted by molar-refractivity contribution is 7.85. The largest absolute Gasteiger partial charge is 0.744 e. The minimum absolute atomic E-state index is 0.0426. The van der Waals surface area contributed by atoms with Gasteiger partial charge in [0.05, 0.1) is 4.90 Å². The molecule has 0 amide bonds. The van der Waals surface area contributed by atoms with Crippen molar-refractivity contribution in [2.45, 2.75) is 89.4 Å². The molecule has 0 N–H and O–H groups in total. The van der Waals surface area contributed by atoms with Crippen molar-refractivity contribution in [2.75, 3.05) is 0 Å². The normalized spacial score (nSPS) is 11.8. The van der Waals surface area contributed by atoms with E-state index in [2.05, 4.69) is 6.92 Å². The summed E-state index contributed by atoms with van der Waals surface area (Å²) < 4.78 is 33.9. The van der Waals surface area contributed by atoms with Crippen molar-refractivity contribution in [3.63, 3.8) is 0 Å². The summed E-state index contributed by atoms with van der Waals surface area (Å²) in [5.41, 5.74) is 1.68. The third-order valence-corrected chi connectivity index (χ3v) is 5.22. The first-order valence-electron chi connectivity index (χ1n) is 9.00. The molecule has 3 nitrogen and oxygen atoms in total. The van der Waals surface area contributed by atoms with Gasteiger partial charge in [-0.15, -0.1) is 0 Å². The van der Waals surface area contributed by atoms with Gasteiger partial charge in [0.15, 0.2) is 0 Å². The summed E-state index contributed by atoms with van der Waals surface area (Å²) in [5.74, 6) is 0. The molecule has 0 heterocycles. The Morgan fingerprint density at radius 2 is 1.39 bits per heavy atom. The van der Waals surface area contributed by atoms with Crippen LogP contribution in [-0.4, -0.2) is 13.0 Å². The topological polar surface area (TPSA) is 57.2 Å². The van der Waals surface area contributed by atoms with Crippen LogP contribution in [0.25, 0.3) is 0 Å². The molecule has 0 unspecified atom stereocenters. The summed E-state index contributed by atoms with van der Waals surface area (Å²) in [6, 6.07) is 4.97. The second-order valence-corrected chi connectivity index (χ2v) is 7.85. The van der Waals surface area contributed by atoms with Crippen LogP contribution in [0.3, 0.4) is 0 Å². The van der Waals surface area contributed by atoms with Gasteiger partial charge in [-0.1, -0.05) is 82.4 Å². The molecule has 4 heteroatoms. The number of unbranched alkanes of at least 4 members (excludes halogenated alkanes) is 9. The molecule has 0 fully saturated rings. The van der Waals surface area contributed by atoms with Gasteiger partial charge in [0.2, 0.25) is 0 Å². The Morgan fingerprint density at radius 1 is 0.870 bits per heavy atom. The molecule has 0 bridgehead atoms. The molecule has 1 aromatic rings. The fourth-order valence-corrected chi connectivity index (χ4v) is 3.67. The summed E-state index contributed by atoms with van der Waals surface area (Å²) in [5, 5.41) is 0. The Kier molecular flexibility index (Phi) is 9.49. The van der Waals surface area contributed by atoms with Crippen LogP contribution in [0, 0.1) is 6.92 Å². The van der Waals surface area contributed by atoms with E-state index in [0.717, 1.165) is 18.4 Å². The molecule has 0 aliphatic rings. The Hall–Kier alpha value is -0.870. The third kappa shape index (κ3) is 8.52. The van der Waals surface area contributed by atoms with Crippen molar-refractivity contribution in [3.8, 4) is 0 Å². The van der Waals surface area contributed by atoms with Gasteiger partial charge in [-0.2, -0.15) is 0 Å². The van der Waals surface area contributed by atoms with Crippen LogP contribution in [0.15, 0.2) is 23.1 Å². The Balaban J connectivity index is 2.25. The van der Waals surface area contributed by atoms with Gasteiger partial charge in [-0.3, -0.25) is 0 Å². The van der Waals surface area contributed by atoms with Crippen LogP contribution in [-0.2, 0) is 16.5 Å². The molecular weight excluding hydrogens is 308 g/mol. The number of benzene rings is 1. The lowest BCUT2D eigenvalue weighted by atomic mass is 10.0. The smallest absolute Gasteiger partial charge is 0.124 e. The van der Waals surface area contributed by atoms with Crippen molar-refractivity contribution >= 4 is 10.1 Å². The van der Waals surface area contributed by atoms with E-state index in [1.54, 1.807) is 6.07 Å². The SMILES string of the molecule is CCCCCCCCCCCCc1cc(C)ccc1S(=O)(=O)[O-]. The molecule has 1 rings (SSSR count). The van der Waals surface area contributed by atoms with Crippen LogP contribution in [0.5, 0.6) is 0 Å². The summed E-state index contributed by atoms with van der Waals surface area (Å²) >= 11 is 0. The van der Waals surface area contributed by atoms with E-state index < -0.39 is 10.1 Å². The maximum atomic E-state index is 11.3. The predicted molar refractivity (Wildman–Crippen MR) is 94.7 cm³/mol. The quantitative estimate of drug-likeness (QED) is 0.380. The van der Waals surface area contributed by atoms with E-state index in [9.17, 15) is 13.0 Å². The van der Waals surface area contributed by atoms with Crippen LogP contribution >= 0.6 is 0 Å². The molecule has 0 aliphatic heterocycles. The van der Waals surface area contributed by atoms with Crippen LogP contribution in [0.4, 0.5) is 0 Å². The van der Waals surface area contributed by atoms with Crippen molar-refractivity contribution in [2.24, 2.45) is 0 Å². The molecule has 0 atom stereocenters. The fourth-order valence-electron chi connectivity index (χ4n) is 2.95. The van der Waals surface area contributed by atoms with Crippen LogP contribution < -0.4 is 0 Å². The standard InChI is InChI=1S/C19H32O3S/c1-3-4-5-6-7-8-9-10-11-12-13-18-16-17(2)14-15-19(18)23(20,21)22/h14-16H,3-13H2,1-2H3,(H,20,21,22)/p-1. The van der Waals surface area contributed by atoms with Crippen molar-refractivity contribution in [1.82, 2.24) is 0 Å². The molecular formula is C19H31O3S-.